The van der Waals surface area contributed by atoms with Gasteiger partial charge in [-0.2, -0.15) is 0 Å². The molecule has 0 unspecified atom stereocenters. The summed E-state index contributed by atoms with van der Waals surface area (Å²) in [6.45, 7) is 0.239. The number of fused-ring (bicyclic) bond motifs is 1. The molecule has 1 aromatic carbocycles. The van der Waals surface area contributed by atoms with Gasteiger partial charge >= 0.3 is 0 Å². The Kier molecular flexibility index (Phi) is 2.20. The summed E-state index contributed by atoms with van der Waals surface area (Å²) in [7, 11) is 3.73. The summed E-state index contributed by atoms with van der Waals surface area (Å²) in [6, 6.07) is 6.12. The van der Waals surface area contributed by atoms with Gasteiger partial charge in [-0.05, 0) is 36.6 Å². The molecule has 1 aliphatic carbocycles. The molecule has 1 heterocycles. The van der Waals surface area contributed by atoms with Crippen molar-refractivity contribution in [2.75, 3.05) is 13.7 Å². The van der Waals surface area contributed by atoms with Crippen LogP contribution < -0.4 is 4.74 Å². The van der Waals surface area contributed by atoms with Crippen LogP contribution in [0.25, 0.3) is 10.9 Å². The number of nitrogens with zero attached hydrogens (tertiary/aromatic N) is 1. The van der Waals surface area contributed by atoms with Crippen LogP contribution in [-0.4, -0.2) is 23.4 Å². The van der Waals surface area contributed by atoms with E-state index in [1.165, 1.54) is 16.5 Å². The molecular formula is C14H17NO2. The van der Waals surface area contributed by atoms with Gasteiger partial charge in [0, 0.05) is 29.6 Å². The van der Waals surface area contributed by atoms with E-state index in [-0.39, 0.29) is 12.0 Å². The summed E-state index contributed by atoms with van der Waals surface area (Å²) < 4.78 is 7.41. The molecule has 3 rings (SSSR count). The first-order chi connectivity index (χ1) is 8.20. The monoisotopic (exact) mass is 231 g/mol. The van der Waals surface area contributed by atoms with Crippen LogP contribution in [0.1, 0.15) is 18.4 Å². The SMILES string of the molecule is COc1ccc2c(c1)c(C1(CO)CC1)cn2C. The molecule has 1 fully saturated rings. The quantitative estimate of drug-likeness (QED) is 0.878. The Balaban J connectivity index is 2.24. The molecule has 0 amide bonds. The molecule has 0 spiro atoms. The zero-order valence-electron chi connectivity index (χ0n) is 10.2. The largest absolute Gasteiger partial charge is 0.497 e. The van der Waals surface area contributed by atoms with E-state index in [1.54, 1.807) is 7.11 Å². The molecule has 0 saturated heterocycles. The van der Waals surface area contributed by atoms with Crippen molar-refractivity contribution in [2.45, 2.75) is 18.3 Å². The van der Waals surface area contributed by atoms with Gasteiger partial charge < -0.3 is 14.4 Å². The normalized spacial score (nSPS) is 17.4. The Morgan fingerprint density at radius 3 is 2.76 bits per heavy atom. The summed E-state index contributed by atoms with van der Waals surface area (Å²) >= 11 is 0. The molecule has 2 aromatic rings. The lowest BCUT2D eigenvalue weighted by atomic mass is 9.96. The number of rotatable bonds is 3. The molecule has 1 N–H and O–H groups in total. The summed E-state index contributed by atoms with van der Waals surface area (Å²) in [5, 5.41) is 10.8. The lowest BCUT2D eigenvalue weighted by Crippen LogP contribution is -2.11. The molecule has 0 bridgehead atoms. The van der Waals surface area contributed by atoms with Gasteiger partial charge in [0.15, 0.2) is 0 Å². The maximum atomic E-state index is 9.56. The van der Waals surface area contributed by atoms with Gasteiger partial charge in [0.25, 0.3) is 0 Å². The second-order valence-corrected chi connectivity index (χ2v) is 4.98. The Labute approximate surface area is 101 Å². The highest BCUT2D eigenvalue weighted by atomic mass is 16.5. The van der Waals surface area contributed by atoms with E-state index in [1.807, 2.05) is 13.1 Å². The highest BCUT2D eigenvalue weighted by Crippen LogP contribution is 2.50. The summed E-state index contributed by atoms with van der Waals surface area (Å²) in [5.41, 5.74) is 2.46. The fourth-order valence-electron chi connectivity index (χ4n) is 2.58. The average molecular weight is 231 g/mol. The first kappa shape index (κ1) is 10.7. The minimum atomic E-state index is 0.00583. The zero-order valence-corrected chi connectivity index (χ0v) is 10.2. The van der Waals surface area contributed by atoms with Crippen molar-refractivity contribution in [3.8, 4) is 5.75 Å². The van der Waals surface area contributed by atoms with Crippen molar-refractivity contribution in [3.63, 3.8) is 0 Å². The van der Waals surface area contributed by atoms with Gasteiger partial charge in [-0.1, -0.05) is 0 Å². The van der Waals surface area contributed by atoms with E-state index in [0.29, 0.717) is 0 Å². The molecule has 90 valence electrons. The number of aromatic nitrogens is 1. The third-order valence-electron chi connectivity index (χ3n) is 3.92. The minimum Gasteiger partial charge on any atom is -0.497 e. The zero-order chi connectivity index (χ0) is 12.0. The lowest BCUT2D eigenvalue weighted by molar-refractivity contribution is 0.255. The third-order valence-corrected chi connectivity index (χ3v) is 3.92. The molecule has 3 heteroatoms. The predicted octanol–water partition coefficient (Wildman–Crippen LogP) is 2.21. The molecule has 17 heavy (non-hydrogen) atoms. The smallest absolute Gasteiger partial charge is 0.119 e. The van der Waals surface area contributed by atoms with E-state index < -0.39 is 0 Å². The third kappa shape index (κ3) is 1.46. The minimum absolute atomic E-state index is 0.00583. The number of aliphatic hydroxyl groups is 1. The van der Waals surface area contributed by atoms with Crippen molar-refractivity contribution in [1.29, 1.82) is 0 Å². The fourth-order valence-corrected chi connectivity index (χ4v) is 2.58. The van der Waals surface area contributed by atoms with Gasteiger partial charge in [0.1, 0.15) is 5.75 Å². The van der Waals surface area contributed by atoms with Gasteiger partial charge in [-0.25, -0.2) is 0 Å². The second-order valence-electron chi connectivity index (χ2n) is 4.98. The molecule has 0 atom stereocenters. The van der Waals surface area contributed by atoms with Crippen molar-refractivity contribution >= 4 is 10.9 Å². The van der Waals surface area contributed by atoms with Gasteiger partial charge in [-0.15, -0.1) is 0 Å². The van der Waals surface area contributed by atoms with Crippen molar-refractivity contribution < 1.29 is 9.84 Å². The number of hydrogen-bond donors (Lipinski definition) is 1. The van der Waals surface area contributed by atoms with Crippen LogP contribution in [0.15, 0.2) is 24.4 Å². The Hall–Kier alpha value is -1.48. The number of hydrogen-bond acceptors (Lipinski definition) is 2. The Bertz CT molecular complexity index is 567. The van der Waals surface area contributed by atoms with E-state index in [9.17, 15) is 5.11 Å². The summed E-state index contributed by atoms with van der Waals surface area (Å²) in [6.07, 6.45) is 4.31. The van der Waals surface area contributed by atoms with Crippen LogP contribution >= 0.6 is 0 Å². The number of aryl methyl sites for hydroxylation is 1. The number of ether oxygens (including phenoxy) is 1. The van der Waals surface area contributed by atoms with Gasteiger partial charge in [0.05, 0.1) is 13.7 Å². The van der Waals surface area contributed by atoms with E-state index >= 15 is 0 Å². The van der Waals surface area contributed by atoms with Crippen molar-refractivity contribution in [3.05, 3.63) is 30.0 Å². The van der Waals surface area contributed by atoms with Crippen LogP contribution in [-0.2, 0) is 12.5 Å². The summed E-state index contributed by atoms with van der Waals surface area (Å²) in [4.78, 5) is 0. The van der Waals surface area contributed by atoms with Gasteiger partial charge in [-0.3, -0.25) is 0 Å². The van der Waals surface area contributed by atoms with Crippen LogP contribution in [0.5, 0.6) is 5.75 Å². The highest BCUT2D eigenvalue weighted by molar-refractivity contribution is 5.87. The second kappa shape index (κ2) is 3.50. The Morgan fingerprint density at radius 1 is 1.41 bits per heavy atom. The number of benzene rings is 1. The maximum Gasteiger partial charge on any atom is 0.119 e. The van der Waals surface area contributed by atoms with Crippen LogP contribution in [0.3, 0.4) is 0 Å². The molecule has 1 aliphatic rings. The molecule has 1 aromatic heterocycles. The van der Waals surface area contributed by atoms with Crippen LogP contribution in [0, 0.1) is 0 Å². The first-order valence-electron chi connectivity index (χ1n) is 5.94. The molecule has 3 nitrogen and oxygen atoms in total. The molecule has 1 saturated carbocycles. The lowest BCUT2D eigenvalue weighted by Gasteiger charge is -2.10. The fraction of sp³-hybridized carbons (Fsp3) is 0.429. The summed E-state index contributed by atoms with van der Waals surface area (Å²) in [5.74, 6) is 0.874. The number of methoxy groups -OCH3 is 1. The highest BCUT2D eigenvalue weighted by Gasteiger charge is 2.45. The van der Waals surface area contributed by atoms with Crippen LogP contribution in [0.2, 0.25) is 0 Å². The molecule has 0 radical (unpaired) electrons. The van der Waals surface area contributed by atoms with Crippen molar-refractivity contribution in [1.82, 2.24) is 4.57 Å². The Morgan fingerprint density at radius 2 is 2.18 bits per heavy atom. The average Bonchev–Trinajstić information content (AvgIpc) is 3.09. The van der Waals surface area contributed by atoms with Gasteiger partial charge in [0.2, 0.25) is 0 Å². The van der Waals surface area contributed by atoms with E-state index in [0.717, 1.165) is 18.6 Å². The topological polar surface area (TPSA) is 34.4 Å². The first-order valence-corrected chi connectivity index (χ1v) is 5.94. The maximum absolute atomic E-state index is 9.56. The van der Waals surface area contributed by atoms with Crippen LogP contribution in [0.4, 0.5) is 0 Å². The molecular weight excluding hydrogens is 214 g/mol. The molecule has 0 aliphatic heterocycles. The standard InChI is InChI=1S/C14H17NO2/c1-15-8-12(14(9-16)5-6-14)11-7-10(17-2)3-4-13(11)15/h3-4,7-8,16H,5-6,9H2,1-2H3. The van der Waals surface area contributed by atoms with E-state index in [4.69, 9.17) is 4.74 Å². The predicted molar refractivity (Wildman–Crippen MR) is 67.5 cm³/mol. The van der Waals surface area contributed by atoms with E-state index in [2.05, 4.69) is 22.9 Å². The van der Waals surface area contributed by atoms with Crippen molar-refractivity contribution in [2.24, 2.45) is 7.05 Å². The number of aliphatic hydroxyl groups excluding tert-OH is 1.